The van der Waals surface area contributed by atoms with E-state index in [1.54, 1.807) is 6.07 Å². The summed E-state index contributed by atoms with van der Waals surface area (Å²) in [7, 11) is 0. The Labute approximate surface area is 149 Å². The van der Waals surface area contributed by atoms with Gasteiger partial charge in [0.15, 0.2) is 5.82 Å². The molecule has 0 aliphatic carbocycles. The maximum atomic E-state index is 12.0. The lowest BCUT2D eigenvalue weighted by molar-refractivity contribution is -0.117. The first kappa shape index (κ1) is 19.2. The monoisotopic (exact) mass is 357 g/mol. The predicted molar refractivity (Wildman–Crippen MR) is 95.6 cm³/mol. The summed E-state index contributed by atoms with van der Waals surface area (Å²) < 4.78 is 4.95. The number of nitrogens with one attached hydrogen (secondary N) is 2. The summed E-state index contributed by atoms with van der Waals surface area (Å²) in [5.41, 5.74) is 0. The Kier molecular flexibility index (Phi) is 7.48. The van der Waals surface area contributed by atoms with E-state index in [0.717, 1.165) is 45.2 Å². The van der Waals surface area contributed by atoms with Crippen molar-refractivity contribution in [2.24, 2.45) is 5.92 Å². The minimum atomic E-state index is -0.0231. The summed E-state index contributed by atoms with van der Waals surface area (Å²) >= 11 is 0. The Morgan fingerprint density at radius 3 is 2.58 bits per heavy atom. The van der Waals surface area contributed by atoms with Gasteiger partial charge in [-0.2, -0.15) is 0 Å². The van der Waals surface area contributed by atoms with Crippen LogP contribution in [0.4, 0.5) is 5.82 Å². The number of nitrogens with zero attached hydrogens (tertiary/aromatic N) is 3. The van der Waals surface area contributed by atoms with E-state index in [2.05, 4.69) is 25.6 Å². The van der Waals surface area contributed by atoms with Crippen LogP contribution in [0.1, 0.15) is 18.6 Å². The van der Waals surface area contributed by atoms with Crippen LogP contribution in [-0.4, -0.2) is 73.2 Å². The van der Waals surface area contributed by atoms with Crippen LogP contribution in [0.25, 0.3) is 0 Å². The fourth-order valence-electron chi connectivity index (χ4n) is 3.37. The molecule has 2 fully saturated rings. The molecule has 1 amide bonds. The number of piperazine rings is 1. The van der Waals surface area contributed by atoms with Crippen LogP contribution < -0.4 is 10.6 Å². The number of carbonyl (C=O) groups excluding carboxylic acids is 1. The molecular weight excluding hydrogens is 330 g/mol. The van der Waals surface area contributed by atoms with E-state index in [0.29, 0.717) is 18.1 Å². The van der Waals surface area contributed by atoms with Gasteiger partial charge in [-0.05, 0) is 38.8 Å². The average Bonchev–Trinajstić information content (AvgIpc) is 2.95. The first-order valence-electron chi connectivity index (χ1n) is 8.57. The van der Waals surface area contributed by atoms with Crippen molar-refractivity contribution in [3.63, 3.8) is 0 Å². The molecule has 2 N–H and O–H groups in total. The molecule has 7 nitrogen and oxygen atoms in total. The molecule has 1 aromatic rings. The van der Waals surface area contributed by atoms with Crippen molar-refractivity contribution in [1.82, 2.24) is 20.3 Å². The van der Waals surface area contributed by atoms with Gasteiger partial charge in [0.05, 0.1) is 6.54 Å². The van der Waals surface area contributed by atoms with Crippen molar-refractivity contribution in [2.75, 3.05) is 57.7 Å². The van der Waals surface area contributed by atoms with Crippen molar-refractivity contribution in [3.8, 4) is 0 Å². The smallest absolute Gasteiger partial charge is 0.239 e. The van der Waals surface area contributed by atoms with Gasteiger partial charge in [-0.25, -0.2) is 0 Å². The molecule has 24 heavy (non-hydrogen) atoms. The standard InChI is InChI=1S/C16H27N5O2.ClH/c1-13-10-15(19-23-13)18-16(22)12-21-8-6-20(7-9-21)11-14-2-4-17-5-3-14;/h10,14,17H,2-9,11-12H2,1H3,(H,18,19,22);1H. The number of hydrogen-bond donors (Lipinski definition) is 2. The molecule has 3 rings (SSSR count). The van der Waals surface area contributed by atoms with Crippen LogP contribution in [0.5, 0.6) is 0 Å². The normalized spacial score (nSPS) is 20.5. The Hall–Kier alpha value is -1.15. The van der Waals surface area contributed by atoms with Gasteiger partial charge in [0.25, 0.3) is 0 Å². The van der Waals surface area contributed by atoms with Gasteiger partial charge in [0, 0.05) is 38.8 Å². The number of amides is 1. The fourth-order valence-corrected chi connectivity index (χ4v) is 3.37. The molecule has 0 unspecified atom stereocenters. The lowest BCUT2D eigenvalue weighted by Crippen LogP contribution is -2.50. The highest BCUT2D eigenvalue weighted by atomic mass is 35.5. The molecule has 2 saturated heterocycles. The van der Waals surface area contributed by atoms with E-state index in [-0.39, 0.29) is 18.3 Å². The van der Waals surface area contributed by atoms with Crippen molar-refractivity contribution in [1.29, 1.82) is 0 Å². The first-order valence-corrected chi connectivity index (χ1v) is 8.57. The molecule has 3 heterocycles. The zero-order valence-electron chi connectivity index (χ0n) is 14.3. The second-order valence-corrected chi connectivity index (χ2v) is 6.64. The summed E-state index contributed by atoms with van der Waals surface area (Å²) in [6.45, 7) is 9.78. The molecule has 0 aromatic carbocycles. The van der Waals surface area contributed by atoms with E-state index < -0.39 is 0 Å². The van der Waals surface area contributed by atoms with Crippen molar-refractivity contribution < 1.29 is 9.32 Å². The van der Waals surface area contributed by atoms with Crippen molar-refractivity contribution in [3.05, 3.63) is 11.8 Å². The number of aryl methyl sites for hydroxylation is 1. The van der Waals surface area contributed by atoms with Gasteiger partial charge in [-0.3, -0.25) is 9.69 Å². The van der Waals surface area contributed by atoms with Gasteiger partial charge in [0.2, 0.25) is 5.91 Å². The molecular formula is C16H28ClN5O2. The number of hydrogen-bond acceptors (Lipinski definition) is 6. The van der Waals surface area contributed by atoms with Crippen LogP contribution in [0.2, 0.25) is 0 Å². The summed E-state index contributed by atoms with van der Waals surface area (Å²) in [5, 5.41) is 9.99. The molecule has 0 bridgehead atoms. The van der Waals surface area contributed by atoms with Gasteiger partial charge < -0.3 is 20.1 Å². The molecule has 0 radical (unpaired) electrons. The van der Waals surface area contributed by atoms with Gasteiger partial charge in [0.1, 0.15) is 5.76 Å². The molecule has 0 atom stereocenters. The SMILES string of the molecule is Cc1cc(NC(=O)CN2CCN(CC3CCNCC3)CC2)no1.Cl. The summed E-state index contributed by atoms with van der Waals surface area (Å²) in [6, 6.07) is 1.73. The summed E-state index contributed by atoms with van der Waals surface area (Å²) in [4.78, 5) is 16.8. The van der Waals surface area contributed by atoms with Gasteiger partial charge in [-0.1, -0.05) is 5.16 Å². The molecule has 136 valence electrons. The zero-order chi connectivity index (χ0) is 16.1. The Morgan fingerprint density at radius 1 is 1.29 bits per heavy atom. The highest BCUT2D eigenvalue weighted by Crippen LogP contribution is 2.15. The minimum Gasteiger partial charge on any atom is -0.360 e. The van der Waals surface area contributed by atoms with E-state index >= 15 is 0 Å². The van der Waals surface area contributed by atoms with E-state index in [9.17, 15) is 4.79 Å². The second kappa shape index (κ2) is 9.36. The number of rotatable bonds is 5. The zero-order valence-corrected chi connectivity index (χ0v) is 15.1. The number of carbonyl (C=O) groups is 1. The number of aromatic nitrogens is 1. The van der Waals surface area contributed by atoms with Crippen LogP contribution in [0.3, 0.4) is 0 Å². The van der Waals surface area contributed by atoms with E-state index in [1.165, 1.54) is 19.4 Å². The predicted octanol–water partition coefficient (Wildman–Crippen LogP) is 0.961. The Balaban J connectivity index is 0.00000208. The number of anilines is 1. The highest BCUT2D eigenvalue weighted by molar-refractivity contribution is 5.91. The van der Waals surface area contributed by atoms with E-state index in [1.807, 2.05) is 6.92 Å². The maximum absolute atomic E-state index is 12.0. The second-order valence-electron chi connectivity index (χ2n) is 6.64. The Bertz CT molecular complexity index is 510. The van der Waals surface area contributed by atoms with Crippen LogP contribution >= 0.6 is 12.4 Å². The van der Waals surface area contributed by atoms with Crippen molar-refractivity contribution >= 4 is 24.1 Å². The van der Waals surface area contributed by atoms with Crippen LogP contribution in [0.15, 0.2) is 10.6 Å². The maximum Gasteiger partial charge on any atom is 0.239 e. The summed E-state index contributed by atoms with van der Waals surface area (Å²) in [6.07, 6.45) is 2.58. The molecule has 1 aromatic heterocycles. The van der Waals surface area contributed by atoms with E-state index in [4.69, 9.17) is 4.52 Å². The average molecular weight is 358 g/mol. The van der Waals surface area contributed by atoms with Crippen molar-refractivity contribution in [2.45, 2.75) is 19.8 Å². The number of halogens is 1. The van der Waals surface area contributed by atoms with Gasteiger partial charge in [-0.15, -0.1) is 12.4 Å². The van der Waals surface area contributed by atoms with Crippen LogP contribution in [0, 0.1) is 12.8 Å². The van der Waals surface area contributed by atoms with Crippen LogP contribution in [-0.2, 0) is 4.79 Å². The summed E-state index contributed by atoms with van der Waals surface area (Å²) in [5.74, 6) is 2.01. The third-order valence-corrected chi connectivity index (χ3v) is 4.70. The first-order chi connectivity index (χ1) is 11.2. The van der Waals surface area contributed by atoms with Gasteiger partial charge >= 0.3 is 0 Å². The molecule has 0 spiro atoms. The quantitative estimate of drug-likeness (QED) is 0.817. The lowest BCUT2D eigenvalue weighted by Gasteiger charge is -2.37. The highest BCUT2D eigenvalue weighted by Gasteiger charge is 2.22. The molecule has 8 heteroatoms. The number of piperidine rings is 1. The topological polar surface area (TPSA) is 73.6 Å². The third-order valence-electron chi connectivity index (χ3n) is 4.70. The molecule has 2 aliphatic rings. The minimum absolute atomic E-state index is 0. The lowest BCUT2D eigenvalue weighted by atomic mass is 9.97. The molecule has 0 saturated carbocycles. The third kappa shape index (κ3) is 5.73. The largest absolute Gasteiger partial charge is 0.360 e. The fraction of sp³-hybridized carbons (Fsp3) is 0.750. The Morgan fingerprint density at radius 2 is 1.96 bits per heavy atom. The molecule has 2 aliphatic heterocycles.